The fourth-order valence-electron chi connectivity index (χ4n) is 2.51. The van der Waals surface area contributed by atoms with E-state index in [1.165, 1.54) is 0 Å². The third-order valence-corrected chi connectivity index (χ3v) is 6.16. The molecule has 0 aliphatic heterocycles. The van der Waals surface area contributed by atoms with E-state index >= 15 is 0 Å². The van der Waals surface area contributed by atoms with Crippen LogP contribution in [0.1, 0.15) is 21.5 Å². The van der Waals surface area contributed by atoms with Crippen molar-refractivity contribution in [2.45, 2.75) is 18.4 Å². The second-order valence-corrected chi connectivity index (χ2v) is 8.53. The first kappa shape index (κ1) is 20.2. The molecule has 0 bridgehead atoms. The van der Waals surface area contributed by atoms with Crippen LogP contribution < -0.4 is 4.72 Å². The van der Waals surface area contributed by atoms with E-state index in [4.69, 9.17) is 28.3 Å². The SMILES string of the molecule is Cc1cnn(Cc2ccc(NS(=O)(=O)c3cc(C(=O)O)cc(Cl)c3Cl)cc2)c1. The number of nitrogens with one attached hydrogen (secondary N) is 1. The fraction of sp³-hybridized carbons (Fsp3) is 0.111. The highest BCUT2D eigenvalue weighted by Crippen LogP contribution is 2.32. The summed E-state index contributed by atoms with van der Waals surface area (Å²) >= 11 is 11.9. The number of aromatic nitrogens is 2. The molecule has 0 radical (unpaired) electrons. The average Bonchev–Trinajstić information content (AvgIpc) is 3.03. The Morgan fingerprint density at radius 3 is 2.46 bits per heavy atom. The Bertz CT molecular complexity index is 1140. The minimum Gasteiger partial charge on any atom is -0.478 e. The Morgan fingerprint density at radius 1 is 1.21 bits per heavy atom. The summed E-state index contributed by atoms with van der Waals surface area (Å²) in [6, 6.07) is 8.78. The van der Waals surface area contributed by atoms with Crippen molar-refractivity contribution < 1.29 is 18.3 Å². The van der Waals surface area contributed by atoms with E-state index in [2.05, 4.69) is 9.82 Å². The average molecular weight is 440 g/mol. The van der Waals surface area contributed by atoms with Gasteiger partial charge >= 0.3 is 5.97 Å². The van der Waals surface area contributed by atoms with Gasteiger partial charge in [-0.15, -0.1) is 0 Å². The number of carbonyl (C=O) groups is 1. The van der Waals surface area contributed by atoms with Crippen LogP contribution in [0.3, 0.4) is 0 Å². The molecule has 0 spiro atoms. The highest BCUT2D eigenvalue weighted by Gasteiger charge is 2.23. The van der Waals surface area contributed by atoms with Crippen molar-refractivity contribution in [1.82, 2.24) is 9.78 Å². The second kappa shape index (κ2) is 7.83. The van der Waals surface area contributed by atoms with Gasteiger partial charge in [0.25, 0.3) is 10.0 Å². The maximum atomic E-state index is 12.7. The highest BCUT2D eigenvalue weighted by atomic mass is 35.5. The Labute approximate surface area is 171 Å². The molecule has 7 nitrogen and oxygen atoms in total. The van der Waals surface area contributed by atoms with Gasteiger partial charge in [-0.05, 0) is 42.3 Å². The first-order valence-electron chi connectivity index (χ1n) is 7.99. The molecule has 1 heterocycles. The Morgan fingerprint density at radius 2 is 1.89 bits per heavy atom. The summed E-state index contributed by atoms with van der Waals surface area (Å²) < 4.78 is 29.5. The first-order valence-corrected chi connectivity index (χ1v) is 10.2. The molecule has 146 valence electrons. The van der Waals surface area contributed by atoms with Crippen LogP contribution in [0.25, 0.3) is 0 Å². The van der Waals surface area contributed by atoms with E-state index in [1.807, 2.05) is 13.1 Å². The molecule has 0 unspecified atom stereocenters. The van der Waals surface area contributed by atoms with Gasteiger partial charge in [-0.2, -0.15) is 5.10 Å². The lowest BCUT2D eigenvalue weighted by Gasteiger charge is -2.12. The quantitative estimate of drug-likeness (QED) is 0.603. The molecule has 0 amide bonds. The van der Waals surface area contributed by atoms with Gasteiger partial charge in [-0.25, -0.2) is 13.2 Å². The third-order valence-electron chi connectivity index (χ3n) is 3.84. The number of aryl methyl sites for hydroxylation is 1. The topological polar surface area (TPSA) is 101 Å². The molecule has 2 aromatic carbocycles. The van der Waals surface area contributed by atoms with Gasteiger partial charge in [0.05, 0.1) is 28.4 Å². The molecule has 10 heteroatoms. The summed E-state index contributed by atoms with van der Waals surface area (Å²) in [5.74, 6) is -1.31. The standard InChI is InChI=1S/C18H15Cl2N3O4S/c1-11-8-21-23(9-11)10-12-2-4-14(5-3-12)22-28(26,27)16-7-13(18(24)25)6-15(19)17(16)20/h2-9,22H,10H2,1H3,(H,24,25). The van der Waals surface area contributed by atoms with Crippen molar-refractivity contribution >= 4 is 44.9 Å². The molecule has 0 aliphatic carbocycles. The molecule has 3 rings (SSSR count). The zero-order valence-corrected chi connectivity index (χ0v) is 16.9. The van der Waals surface area contributed by atoms with Crippen LogP contribution >= 0.6 is 23.2 Å². The van der Waals surface area contributed by atoms with Gasteiger partial charge in [-0.1, -0.05) is 35.3 Å². The molecule has 2 N–H and O–H groups in total. The lowest BCUT2D eigenvalue weighted by molar-refractivity contribution is 0.0696. The molecule has 0 saturated carbocycles. The van der Waals surface area contributed by atoms with Crippen molar-refractivity contribution in [3.8, 4) is 0 Å². The summed E-state index contributed by atoms with van der Waals surface area (Å²) in [6.07, 6.45) is 3.65. The molecule has 1 aromatic heterocycles. The predicted octanol–water partition coefficient (Wildman–Crippen LogP) is 4.05. The molecule has 3 aromatic rings. The molecular formula is C18H15Cl2N3O4S. The second-order valence-electron chi connectivity index (χ2n) is 6.09. The lowest BCUT2D eigenvalue weighted by Crippen LogP contribution is -2.14. The predicted molar refractivity (Wildman–Crippen MR) is 107 cm³/mol. The van der Waals surface area contributed by atoms with Gasteiger partial charge in [0.15, 0.2) is 0 Å². The van der Waals surface area contributed by atoms with E-state index in [1.54, 1.807) is 35.1 Å². The number of halogens is 2. The third kappa shape index (κ3) is 4.46. The van der Waals surface area contributed by atoms with Crippen molar-refractivity contribution in [3.05, 3.63) is 75.5 Å². The molecular weight excluding hydrogens is 425 g/mol. The van der Waals surface area contributed by atoms with Crippen molar-refractivity contribution in [1.29, 1.82) is 0 Å². The van der Waals surface area contributed by atoms with Crippen molar-refractivity contribution in [2.24, 2.45) is 0 Å². The molecule has 0 aliphatic rings. The first-order chi connectivity index (χ1) is 13.2. The van der Waals surface area contributed by atoms with Gasteiger partial charge in [0, 0.05) is 11.9 Å². The van der Waals surface area contributed by atoms with Crippen LogP contribution in [0.2, 0.25) is 10.0 Å². The maximum absolute atomic E-state index is 12.7. The van der Waals surface area contributed by atoms with Crippen LogP contribution in [-0.4, -0.2) is 29.3 Å². The summed E-state index contributed by atoms with van der Waals surface area (Å²) in [5.41, 5.74) is 2.00. The maximum Gasteiger partial charge on any atom is 0.335 e. The molecule has 0 saturated heterocycles. The van der Waals surface area contributed by atoms with Gasteiger partial charge < -0.3 is 5.11 Å². The zero-order valence-electron chi connectivity index (χ0n) is 14.6. The van der Waals surface area contributed by atoms with Crippen LogP contribution in [-0.2, 0) is 16.6 Å². The van der Waals surface area contributed by atoms with Crippen LogP contribution in [0, 0.1) is 6.92 Å². The number of nitrogens with zero attached hydrogens (tertiary/aromatic N) is 2. The van der Waals surface area contributed by atoms with E-state index in [0.717, 1.165) is 23.3 Å². The lowest BCUT2D eigenvalue weighted by atomic mass is 10.2. The van der Waals surface area contributed by atoms with Gasteiger partial charge in [-0.3, -0.25) is 9.40 Å². The number of benzene rings is 2. The summed E-state index contributed by atoms with van der Waals surface area (Å²) in [7, 11) is -4.14. The molecule has 0 atom stereocenters. The van der Waals surface area contributed by atoms with Crippen molar-refractivity contribution in [2.75, 3.05) is 4.72 Å². The highest BCUT2D eigenvalue weighted by molar-refractivity contribution is 7.92. The monoisotopic (exact) mass is 439 g/mol. The number of carboxylic acid groups (broad SMARTS) is 1. The molecule has 0 fully saturated rings. The van der Waals surface area contributed by atoms with Gasteiger partial charge in [0.2, 0.25) is 0 Å². The zero-order chi connectivity index (χ0) is 20.5. The number of hydrogen-bond acceptors (Lipinski definition) is 4. The van der Waals surface area contributed by atoms with E-state index < -0.39 is 20.9 Å². The summed E-state index contributed by atoms with van der Waals surface area (Å²) in [6.45, 7) is 2.49. The van der Waals surface area contributed by atoms with Crippen LogP contribution in [0.4, 0.5) is 5.69 Å². The number of sulfonamides is 1. The van der Waals surface area contributed by atoms with E-state index in [0.29, 0.717) is 12.2 Å². The molecule has 28 heavy (non-hydrogen) atoms. The van der Waals surface area contributed by atoms with E-state index in [9.17, 15) is 13.2 Å². The normalized spacial score (nSPS) is 11.4. The largest absolute Gasteiger partial charge is 0.478 e. The Balaban J connectivity index is 1.83. The Kier molecular flexibility index (Phi) is 5.64. The van der Waals surface area contributed by atoms with E-state index in [-0.39, 0.29) is 15.6 Å². The van der Waals surface area contributed by atoms with Crippen LogP contribution in [0.15, 0.2) is 53.7 Å². The minimum atomic E-state index is -4.14. The van der Waals surface area contributed by atoms with Gasteiger partial charge in [0.1, 0.15) is 4.90 Å². The number of aromatic carboxylic acids is 1. The van der Waals surface area contributed by atoms with Crippen LogP contribution in [0.5, 0.6) is 0 Å². The minimum absolute atomic E-state index is 0.160. The summed E-state index contributed by atoms with van der Waals surface area (Å²) in [4.78, 5) is 10.8. The summed E-state index contributed by atoms with van der Waals surface area (Å²) in [5, 5.41) is 12.9. The number of anilines is 1. The number of hydrogen-bond donors (Lipinski definition) is 2. The smallest absolute Gasteiger partial charge is 0.335 e. The number of rotatable bonds is 6. The van der Waals surface area contributed by atoms with Crippen molar-refractivity contribution in [3.63, 3.8) is 0 Å². The number of carboxylic acids is 1. The Hall–Kier alpha value is -2.55. The fourth-order valence-corrected chi connectivity index (χ4v) is 4.39.